The second-order valence-corrected chi connectivity index (χ2v) is 3.82. The van der Waals surface area contributed by atoms with Crippen LogP contribution in [0.1, 0.15) is 18.5 Å². The average molecular weight is 242 g/mol. The number of para-hydroxylation sites is 1. The summed E-state index contributed by atoms with van der Waals surface area (Å²) in [6, 6.07) is 7.60. The van der Waals surface area contributed by atoms with Crippen molar-refractivity contribution in [2.75, 3.05) is 20.0 Å². The normalized spacial score (nSPS) is 12.0. The van der Waals surface area contributed by atoms with E-state index in [1.54, 1.807) is 19.1 Å². The van der Waals surface area contributed by atoms with Gasteiger partial charge in [-0.05, 0) is 13.0 Å². The van der Waals surface area contributed by atoms with E-state index in [0.29, 0.717) is 0 Å². The van der Waals surface area contributed by atoms with Crippen LogP contribution in [0.15, 0.2) is 24.3 Å². The highest BCUT2D eigenvalue weighted by molar-refractivity contribution is 6.27. The van der Waals surface area contributed by atoms with Crippen molar-refractivity contribution in [1.29, 1.82) is 0 Å². The van der Waals surface area contributed by atoms with Crippen molar-refractivity contribution < 1.29 is 9.53 Å². The van der Waals surface area contributed by atoms with Gasteiger partial charge in [0, 0.05) is 12.6 Å². The predicted molar refractivity (Wildman–Crippen MR) is 64.9 cm³/mol. The third-order valence-corrected chi connectivity index (χ3v) is 2.91. The van der Waals surface area contributed by atoms with E-state index < -0.39 is 0 Å². The highest BCUT2D eigenvalue weighted by Crippen LogP contribution is 2.27. The van der Waals surface area contributed by atoms with Crippen molar-refractivity contribution in [1.82, 2.24) is 4.90 Å². The van der Waals surface area contributed by atoms with Gasteiger partial charge in [0.25, 0.3) is 0 Å². The number of carbonyl (C=O) groups excluding carboxylic acids is 1. The molecule has 0 radical (unpaired) electrons. The summed E-state index contributed by atoms with van der Waals surface area (Å²) in [5, 5.41) is 0. The smallest absolute Gasteiger partial charge is 0.237 e. The molecule has 4 heteroatoms. The number of methoxy groups -OCH3 is 1. The molecule has 0 aromatic heterocycles. The Balaban J connectivity index is 2.95. The highest BCUT2D eigenvalue weighted by atomic mass is 35.5. The summed E-state index contributed by atoms with van der Waals surface area (Å²) in [5.41, 5.74) is 0.978. The van der Waals surface area contributed by atoms with Crippen LogP contribution in [0.3, 0.4) is 0 Å². The van der Waals surface area contributed by atoms with Crippen LogP contribution in [0.4, 0.5) is 0 Å². The lowest BCUT2D eigenvalue weighted by Gasteiger charge is -2.25. The van der Waals surface area contributed by atoms with Gasteiger partial charge in [0.1, 0.15) is 11.6 Å². The molecule has 0 aliphatic rings. The third kappa shape index (κ3) is 2.67. The molecule has 3 nitrogen and oxygen atoms in total. The van der Waals surface area contributed by atoms with E-state index in [1.807, 2.05) is 31.2 Å². The van der Waals surface area contributed by atoms with E-state index in [4.69, 9.17) is 16.3 Å². The Morgan fingerprint density at radius 3 is 2.69 bits per heavy atom. The molecule has 1 aromatic rings. The lowest BCUT2D eigenvalue weighted by atomic mass is 10.1. The molecular weight excluding hydrogens is 226 g/mol. The number of nitrogens with zero attached hydrogens (tertiary/aromatic N) is 1. The van der Waals surface area contributed by atoms with Crippen LogP contribution in [-0.2, 0) is 4.79 Å². The van der Waals surface area contributed by atoms with Gasteiger partial charge in [0.2, 0.25) is 5.91 Å². The van der Waals surface area contributed by atoms with Crippen molar-refractivity contribution in [2.24, 2.45) is 0 Å². The maximum Gasteiger partial charge on any atom is 0.237 e. The van der Waals surface area contributed by atoms with Crippen molar-refractivity contribution >= 4 is 17.5 Å². The summed E-state index contributed by atoms with van der Waals surface area (Å²) >= 11 is 5.53. The molecule has 0 saturated carbocycles. The van der Waals surface area contributed by atoms with Gasteiger partial charge >= 0.3 is 0 Å². The number of halogens is 1. The molecule has 0 fully saturated rings. The Hall–Kier alpha value is -1.22. The van der Waals surface area contributed by atoms with E-state index in [1.165, 1.54) is 0 Å². The van der Waals surface area contributed by atoms with Gasteiger partial charge in [0.05, 0.1) is 13.2 Å². The molecular formula is C12H16ClNO2. The van der Waals surface area contributed by atoms with Crippen LogP contribution in [-0.4, -0.2) is 30.8 Å². The number of benzene rings is 1. The molecule has 0 saturated heterocycles. The molecule has 1 aromatic carbocycles. The Kier molecular flexibility index (Phi) is 4.62. The van der Waals surface area contributed by atoms with Gasteiger partial charge in [-0.15, -0.1) is 11.6 Å². The molecule has 88 valence electrons. The first-order valence-electron chi connectivity index (χ1n) is 5.06. The summed E-state index contributed by atoms with van der Waals surface area (Å²) in [6.45, 7) is 1.95. The number of ether oxygens (including phenoxy) is 1. The van der Waals surface area contributed by atoms with Crippen molar-refractivity contribution in [3.8, 4) is 5.75 Å². The molecule has 0 aliphatic carbocycles. The Labute approximate surface area is 101 Å². The first-order chi connectivity index (χ1) is 7.61. The molecule has 1 amide bonds. The summed E-state index contributed by atoms with van der Waals surface area (Å²) in [6.07, 6.45) is 0. The summed E-state index contributed by atoms with van der Waals surface area (Å²) in [7, 11) is 3.36. The van der Waals surface area contributed by atoms with Crippen LogP contribution in [0.5, 0.6) is 5.75 Å². The zero-order valence-corrected chi connectivity index (χ0v) is 10.5. The number of carbonyl (C=O) groups is 1. The van der Waals surface area contributed by atoms with Gasteiger partial charge in [-0.3, -0.25) is 4.79 Å². The zero-order chi connectivity index (χ0) is 12.1. The van der Waals surface area contributed by atoms with Crippen LogP contribution in [0.25, 0.3) is 0 Å². The Morgan fingerprint density at radius 2 is 2.12 bits per heavy atom. The van der Waals surface area contributed by atoms with E-state index in [2.05, 4.69) is 0 Å². The standard InChI is InChI=1S/C12H16ClNO2/c1-9(14(2)12(15)8-13)10-6-4-5-7-11(10)16-3/h4-7,9H,8H2,1-3H3/t9-/m1/s1. The molecule has 16 heavy (non-hydrogen) atoms. The Bertz CT molecular complexity index is 368. The molecule has 0 N–H and O–H groups in total. The topological polar surface area (TPSA) is 29.5 Å². The molecule has 0 bridgehead atoms. The molecule has 0 heterocycles. The lowest BCUT2D eigenvalue weighted by Crippen LogP contribution is -2.30. The predicted octanol–water partition coefficient (Wildman–Crippen LogP) is 2.45. The quantitative estimate of drug-likeness (QED) is 0.758. The van der Waals surface area contributed by atoms with E-state index in [-0.39, 0.29) is 17.8 Å². The minimum Gasteiger partial charge on any atom is -0.496 e. The van der Waals surface area contributed by atoms with Crippen LogP contribution in [0, 0.1) is 0 Å². The van der Waals surface area contributed by atoms with Crippen LogP contribution in [0.2, 0.25) is 0 Å². The average Bonchev–Trinajstić information content (AvgIpc) is 2.35. The molecule has 0 spiro atoms. The van der Waals surface area contributed by atoms with Gasteiger partial charge in [-0.25, -0.2) is 0 Å². The maximum atomic E-state index is 11.5. The fourth-order valence-electron chi connectivity index (χ4n) is 1.53. The molecule has 0 unspecified atom stereocenters. The number of amides is 1. The van der Waals surface area contributed by atoms with Crippen molar-refractivity contribution in [3.05, 3.63) is 29.8 Å². The van der Waals surface area contributed by atoms with Crippen molar-refractivity contribution in [2.45, 2.75) is 13.0 Å². The SMILES string of the molecule is COc1ccccc1[C@@H](C)N(C)C(=O)CCl. The minimum absolute atomic E-state index is 0.00398. The van der Waals surface area contributed by atoms with Gasteiger partial charge in [0.15, 0.2) is 0 Å². The maximum absolute atomic E-state index is 11.5. The first-order valence-corrected chi connectivity index (χ1v) is 5.59. The molecule has 1 atom stereocenters. The molecule has 1 rings (SSSR count). The van der Waals surface area contributed by atoms with Gasteiger partial charge in [-0.2, -0.15) is 0 Å². The summed E-state index contributed by atoms with van der Waals surface area (Å²) in [5.74, 6) is 0.681. The van der Waals surface area contributed by atoms with Gasteiger partial charge in [-0.1, -0.05) is 18.2 Å². The van der Waals surface area contributed by atoms with E-state index in [9.17, 15) is 4.79 Å². The number of alkyl halides is 1. The largest absolute Gasteiger partial charge is 0.496 e. The Morgan fingerprint density at radius 1 is 1.50 bits per heavy atom. The van der Waals surface area contributed by atoms with Gasteiger partial charge < -0.3 is 9.64 Å². The summed E-state index contributed by atoms with van der Waals surface area (Å²) in [4.78, 5) is 13.1. The number of hydrogen-bond acceptors (Lipinski definition) is 2. The highest BCUT2D eigenvalue weighted by Gasteiger charge is 2.19. The van der Waals surface area contributed by atoms with E-state index >= 15 is 0 Å². The fourth-order valence-corrected chi connectivity index (χ4v) is 1.72. The molecule has 0 aliphatic heterocycles. The summed E-state index contributed by atoms with van der Waals surface area (Å²) < 4.78 is 5.26. The minimum atomic E-state index is -0.0972. The second-order valence-electron chi connectivity index (χ2n) is 3.56. The number of hydrogen-bond donors (Lipinski definition) is 0. The fraction of sp³-hybridized carbons (Fsp3) is 0.417. The monoisotopic (exact) mass is 241 g/mol. The number of rotatable bonds is 4. The first kappa shape index (κ1) is 12.8. The third-order valence-electron chi connectivity index (χ3n) is 2.68. The van der Waals surface area contributed by atoms with Crippen LogP contribution < -0.4 is 4.74 Å². The van der Waals surface area contributed by atoms with Crippen LogP contribution >= 0.6 is 11.6 Å². The van der Waals surface area contributed by atoms with E-state index in [0.717, 1.165) is 11.3 Å². The lowest BCUT2D eigenvalue weighted by molar-refractivity contribution is -0.129. The van der Waals surface area contributed by atoms with Crippen molar-refractivity contribution in [3.63, 3.8) is 0 Å². The zero-order valence-electron chi connectivity index (χ0n) is 9.74. The second kappa shape index (κ2) is 5.75.